The average molecular weight is 291 g/mol. The fraction of sp³-hybridized carbons (Fsp3) is 0.438. The van der Waals surface area contributed by atoms with Crippen LogP contribution in [0.5, 0.6) is 0 Å². The summed E-state index contributed by atoms with van der Waals surface area (Å²) in [5.41, 5.74) is 7.01. The molecular formula is C16H19ClN2O. The standard InChI is InChI=1S/C16H19ClN2O/c1-10(18)14-9-11-5-4-8-13(17)15(11)16(20)19(14)12-6-2-3-7-12/h4-5,8-10,12H,2-3,6-7,18H2,1H3/t10-/m0/s1. The van der Waals surface area contributed by atoms with Crippen molar-refractivity contribution >= 4 is 22.4 Å². The molecular weight excluding hydrogens is 272 g/mol. The van der Waals surface area contributed by atoms with E-state index in [2.05, 4.69) is 0 Å². The second-order valence-electron chi connectivity index (χ2n) is 5.68. The lowest BCUT2D eigenvalue weighted by Gasteiger charge is -2.22. The number of rotatable bonds is 2. The lowest BCUT2D eigenvalue weighted by atomic mass is 10.1. The van der Waals surface area contributed by atoms with E-state index < -0.39 is 0 Å². The van der Waals surface area contributed by atoms with Gasteiger partial charge >= 0.3 is 0 Å². The predicted molar refractivity (Wildman–Crippen MR) is 83.3 cm³/mol. The highest BCUT2D eigenvalue weighted by Crippen LogP contribution is 2.32. The van der Waals surface area contributed by atoms with Crippen LogP contribution < -0.4 is 11.3 Å². The van der Waals surface area contributed by atoms with Gasteiger partial charge in [-0.3, -0.25) is 4.79 Å². The van der Waals surface area contributed by atoms with Gasteiger partial charge in [-0.1, -0.05) is 36.6 Å². The van der Waals surface area contributed by atoms with Gasteiger partial charge in [0.2, 0.25) is 0 Å². The van der Waals surface area contributed by atoms with Gasteiger partial charge in [-0.25, -0.2) is 0 Å². The normalized spacial score (nSPS) is 17.8. The number of hydrogen-bond donors (Lipinski definition) is 1. The third-order valence-electron chi connectivity index (χ3n) is 4.22. The number of halogens is 1. The molecule has 0 aliphatic heterocycles. The van der Waals surface area contributed by atoms with E-state index in [1.807, 2.05) is 29.7 Å². The van der Waals surface area contributed by atoms with Gasteiger partial charge in [0.25, 0.3) is 5.56 Å². The average Bonchev–Trinajstić information content (AvgIpc) is 2.91. The Morgan fingerprint density at radius 1 is 1.35 bits per heavy atom. The maximum atomic E-state index is 12.9. The maximum absolute atomic E-state index is 12.9. The summed E-state index contributed by atoms with van der Waals surface area (Å²) in [5.74, 6) is 0. The monoisotopic (exact) mass is 290 g/mol. The van der Waals surface area contributed by atoms with E-state index >= 15 is 0 Å². The second kappa shape index (κ2) is 5.23. The van der Waals surface area contributed by atoms with E-state index in [1.165, 1.54) is 12.8 Å². The van der Waals surface area contributed by atoms with Crippen LogP contribution in [-0.4, -0.2) is 4.57 Å². The molecule has 4 heteroatoms. The summed E-state index contributed by atoms with van der Waals surface area (Å²) < 4.78 is 1.89. The summed E-state index contributed by atoms with van der Waals surface area (Å²) in [6.07, 6.45) is 4.46. The van der Waals surface area contributed by atoms with Crippen molar-refractivity contribution in [2.45, 2.75) is 44.7 Å². The zero-order chi connectivity index (χ0) is 14.3. The molecule has 1 aliphatic rings. The van der Waals surface area contributed by atoms with Gasteiger partial charge < -0.3 is 10.3 Å². The number of benzene rings is 1. The molecule has 1 aromatic heterocycles. The molecule has 2 aromatic rings. The summed E-state index contributed by atoms with van der Waals surface area (Å²) in [7, 11) is 0. The molecule has 0 radical (unpaired) electrons. The Morgan fingerprint density at radius 3 is 2.70 bits per heavy atom. The first-order valence-electron chi connectivity index (χ1n) is 7.19. The van der Waals surface area contributed by atoms with Gasteiger partial charge in [0, 0.05) is 17.8 Å². The van der Waals surface area contributed by atoms with Gasteiger partial charge in [-0.05, 0) is 37.3 Å². The van der Waals surface area contributed by atoms with E-state index in [0.717, 1.165) is 23.9 Å². The Kier molecular flexibility index (Phi) is 3.57. The SMILES string of the molecule is C[C@H](N)c1cc2cccc(Cl)c2c(=O)n1C1CCCC1. The Bertz CT molecular complexity index is 699. The molecule has 3 rings (SSSR count). The van der Waals surface area contributed by atoms with E-state index in [1.54, 1.807) is 6.07 Å². The van der Waals surface area contributed by atoms with Crippen molar-refractivity contribution in [2.24, 2.45) is 5.73 Å². The molecule has 0 unspecified atom stereocenters. The molecule has 0 spiro atoms. The highest BCUT2D eigenvalue weighted by atomic mass is 35.5. The number of pyridine rings is 1. The largest absolute Gasteiger partial charge is 0.323 e. The number of fused-ring (bicyclic) bond motifs is 1. The van der Waals surface area contributed by atoms with Crippen LogP contribution in [0, 0.1) is 0 Å². The predicted octanol–water partition coefficient (Wildman–Crippen LogP) is 3.79. The minimum atomic E-state index is -0.160. The molecule has 1 atom stereocenters. The van der Waals surface area contributed by atoms with Gasteiger partial charge in [-0.2, -0.15) is 0 Å². The lowest BCUT2D eigenvalue weighted by molar-refractivity contribution is 0.474. The number of hydrogen-bond acceptors (Lipinski definition) is 2. The first kappa shape index (κ1) is 13.7. The Labute approximate surface area is 123 Å². The minimum Gasteiger partial charge on any atom is -0.323 e. The molecule has 20 heavy (non-hydrogen) atoms. The summed E-state index contributed by atoms with van der Waals surface area (Å²) in [4.78, 5) is 12.9. The molecule has 1 aliphatic carbocycles. The van der Waals surface area contributed by atoms with Crippen LogP contribution in [0.1, 0.15) is 50.4 Å². The maximum Gasteiger partial charge on any atom is 0.260 e. The lowest BCUT2D eigenvalue weighted by Crippen LogP contribution is -2.29. The molecule has 0 saturated heterocycles. The molecule has 2 N–H and O–H groups in total. The number of nitrogens with two attached hydrogens (primary N) is 1. The van der Waals surface area contributed by atoms with Crippen molar-refractivity contribution < 1.29 is 0 Å². The minimum absolute atomic E-state index is 0.00676. The fourth-order valence-corrected chi connectivity index (χ4v) is 3.51. The smallest absolute Gasteiger partial charge is 0.260 e. The molecule has 1 heterocycles. The van der Waals surface area contributed by atoms with Gasteiger partial charge in [-0.15, -0.1) is 0 Å². The Hall–Kier alpha value is -1.32. The molecule has 1 aromatic carbocycles. The van der Waals surface area contributed by atoms with Crippen LogP contribution >= 0.6 is 11.6 Å². The molecule has 106 valence electrons. The molecule has 3 nitrogen and oxygen atoms in total. The van der Waals surface area contributed by atoms with Crippen molar-refractivity contribution in [1.29, 1.82) is 0 Å². The summed E-state index contributed by atoms with van der Waals surface area (Å²) in [5, 5.41) is 2.02. The van der Waals surface area contributed by atoms with Crippen molar-refractivity contribution in [3.05, 3.63) is 45.3 Å². The van der Waals surface area contributed by atoms with E-state index in [0.29, 0.717) is 10.4 Å². The molecule has 0 bridgehead atoms. The van der Waals surface area contributed by atoms with Crippen molar-refractivity contribution in [3.63, 3.8) is 0 Å². The topological polar surface area (TPSA) is 48.0 Å². The fourth-order valence-electron chi connectivity index (χ4n) is 3.24. The first-order chi connectivity index (χ1) is 9.59. The quantitative estimate of drug-likeness (QED) is 0.915. The van der Waals surface area contributed by atoms with Crippen LogP contribution in [0.4, 0.5) is 0 Å². The number of aromatic nitrogens is 1. The van der Waals surface area contributed by atoms with Crippen LogP contribution in [0.25, 0.3) is 10.8 Å². The van der Waals surface area contributed by atoms with Crippen LogP contribution in [0.3, 0.4) is 0 Å². The highest BCUT2D eigenvalue weighted by molar-refractivity contribution is 6.35. The first-order valence-corrected chi connectivity index (χ1v) is 7.56. The van der Waals surface area contributed by atoms with E-state index in [9.17, 15) is 4.79 Å². The van der Waals surface area contributed by atoms with Gasteiger partial charge in [0.05, 0.1) is 10.4 Å². The summed E-state index contributed by atoms with van der Waals surface area (Å²) >= 11 is 6.23. The van der Waals surface area contributed by atoms with Crippen LogP contribution in [0.2, 0.25) is 5.02 Å². The zero-order valence-corrected chi connectivity index (χ0v) is 12.4. The van der Waals surface area contributed by atoms with Crippen LogP contribution in [-0.2, 0) is 0 Å². The Morgan fingerprint density at radius 2 is 2.05 bits per heavy atom. The van der Waals surface area contributed by atoms with Crippen molar-refractivity contribution in [2.75, 3.05) is 0 Å². The van der Waals surface area contributed by atoms with E-state index in [4.69, 9.17) is 17.3 Å². The van der Waals surface area contributed by atoms with E-state index in [-0.39, 0.29) is 17.6 Å². The molecule has 1 fully saturated rings. The third-order valence-corrected chi connectivity index (χ3v) is 4.53. The summed E-state index contributed by atoms with van der Waals surface area (Å²) in [6, 6.07) is 7.69. The second-order valence-corrected chi connectivity index (χ2v) is 6.08. The van der Waals surface area contributed by atoms with Crippen molar-refractivity contribution in [3.8, 4) is 0 Å². The van der Waals surface area contributed by atoms with Gasteiger partial charge in [0.1, 0.15) is 0 Å². The third kappa shape index (κ3) is 2.15. The van der Waals surface area contributed by atoms with Crippen molar-refractivity contribution in [1.82, 2.24) is 4.57 Å². The molecule has 0 amide bonds. The van der Waals surface area contributed by atoms with Gasteiger partial charge in [0.15, 0.2) is 0 Å². The summed E-state index contributed by atoms with van der Waals surface area (Å²) in [6.45, 7) is 1.93. The Balaban J connectivity index is 2.35. The molecule has 1 saturated carbocycles. The number of nitrogens with zero attached hydrogens (tertiary/aromatic N) is 1. The van der Waals surface area contributed by atoms with Crippen LogP contribution in [0.15, 0.2) is 29.1 Å². The zero-order valence-electron chi connectivity index (χ0n) is 11.6. The highest BCUT2D eigenvalue weighted by Gasteiger charge is 2.23.